The molecule has 1 aromatic heterocycles. The summed E-state index contributed by atoms with van der Waals surface area (Å²) >= 11 is 0. The average molecular weight is 341 g/mol. The van der Waals surface area contributed by atoms with E-state index in [-0.39, 0.29) is 12.0 Å². The summed E-state index contributed by atoms with van der Waals surface area (Å²) < 4.78 is 7.57. The number of hydrogen-bond donors (Lipinski definition) is 1. The molecule has 1 aromatic carbocycles. The zero-order chi connectivity index (χ0) is 17.4. The number of nitrogens with zero attached hydrogens (tertiary/aromatic N) is 4. The minimum Gasteiger partial charge on any atom is -0.373 e. The number of likely N-dealkylation sites (tertiary alicyclic amines) is 1. The van der Waals surface area contributed by atoms with E-state index in [0.717, 1.165) is 31.1 Å². The Bertz CT molecular complexity index is 774. The van der Waals surface area contributed by atoms with Crippen molar-refractivity contribution >= 4 is 17.3 Å². The lowest BCUT2D eigenvalue weighted by Gasteiger charge is -2.33. The molecule has 7 nitrogen and oxygen atoms in total. The third kappa shape index (κ3) is 3.25. The van der Waals surface area contributed by atoms with Gasteiger partial charge in [-0.2, -0.15) is 5.10 Å². The summed E-state index contributed by atoms with van der Waals surface area (Å²) in [5.74, 6) is 0.0567. The molecule has 0 saturated carbocycles. The first-order chi connectivity index (χ1) is 12.1. The number of aryl methyl sites for hydroxylation is 1. The highest BCUT2D eigenvalue weighted by Crippen LogP contribution is 2.24. The van der Waals surface area contributed by atoms with Crippen LogP contribution < -0.4 is 5.32 Å². The van der Waals surface area contributed by atoms with Gasteiger partial charge in [-0.15, -0.1) is 0 Å². The Morgan fingerprint density at radius 3 is 2.92 bits per heavy atom. The SMILES string of the molecule is CN1CCO[C@@H]2CN(C(=O)c3cccc(Nc4cnn(C)c4)c3)C[C@@H]21. The molecule has 7 heteroatoms. The Morgan fingerprint density at radius 1 is 1.28 bits per heavy atom. The standard InChI is InChI=1S/C18H23N5O2/c1-21-6-7-25-17-12-23(11-16(17)21)18(24)13-4-3-5-14(8-13)20-15-9-19-22(2)10-15/h3-5,8-10,16-17,20H,6-7,11-12H2,1-2H3/t16-,17+/m0/s1. The number of carbonyl (C=O) groups excluding carboxylic acids is 1. The van der Waals surface area contributed by atoms with Crippen LogP contribution in [0.25, 0.3) is 0 Å². The smallest absolute Gasteiger partial charge is 0.254 e. The van der Waals surface area contributed by atoms with Crippen molar-refractivity contribution in [3.63, 3.8) is 0 Å². The predicted molar refractivity (Wildman–Crippen MR) is 95.0 cm³/mol. The zero-order valence-electron chi connectivity index (χ0n) is 14.6. The van der Waals surface area contributed by atoms with E-state index in [9.17, 15) is 4.79 Å². The number of carbonyl (C=O) groups is 1. The number of nitrogens with one attached hydrogen (secondary N) is 1. The fraction of sp³-hybridized carbons (Fsp3) is 0.444. The van der Waals surface area contributed by atoms with Crippen LogP contribution in [-0.4, -0.2) is 70.9 Å². The molecule has 2 atom stereocenters. The maximum atomic E-state index is 12.9. The Labute approximate surface area is 147 Å². The van der Waals surface area contributed by atoms with Gasteiger partial charge < -0.3 is 15.0 Å². The van der Waals surface area contributed by atoms with Gasteiger partial charge in [0.05, 0.1) is 30.6 Å². The Morgan fingerprint density at radius 2 is 2.16 bits per heavy atom. The van der Waals surface area contributed by atoms with E-state index in [1.807, 2.05) is 42.4 Å². The molecule has 0 bridgehead atoms. The number of amides is 1. The molecule has 132 valence electrons. The fourth-order valence-electron chi connectivity index (χ4n) is 3.59. The largest absolute Gasteiger partial charge is 0.373 e. The van der Waals surface area contributed by atoms with Crippen molar-refractivity contribution in [2.75, 3.05) is 38.6 Å². The summed E-state index contributed by atoms with van der Waals surface area (Å²) in [5.41, 5.74) is 2.47. The van der Waals surface area contributed by atoms with Gasteiger partial charge in [0, 0.05) is 44.1 Å². The van der Waals surface area contributed by atoms with Gasteiger partial charge >= 0.3 is 0 Å². The summed E-state index contributed by atoms with van der Waals surface area (Å²) in [6.07, 6.45) is 3.78. The topological polar surface area (TPSA) is 62.6 Å². The maximum Gasteiger partial charge on any atom is 0.254 e. The molecule has 0 unspecified atom stereocenters. The van der Waals surface area contributed by atoms with Crippen LogP contribution in [-0.2, 0) is 11.8 Å². The number of benzene rings is 1. The van der Waals surface area contributed by atoms with Crippen molar-refractivity contribution in [1.29, 1.82) is 0 Å². The number of ether oxygens (including phenoxy) is 1. The van der Waals surface area contributed by atoms with Crippen molar-refractivity contribution in [2.45, 2.75) is 12.1 Å². The second-order valence-corrected chi connectivity index (χ2v) is 6.78. The molecule has 2 fully saturated rings. The number of fused-ring (bicyclic) bond motifs is 1. The van der Waals surface area contributed by atoms with Gasteiger partial charge in [0.2, 0.25) is 0 Å². The van der Waals surface area contributed by atoms with Crippen LogP contribution in [0.5, 0.6) is 0 Å². The molecule has 2 aliphatic heterocycles. The van der Waals surface area contributed by atoms with Gasteiger partial charge in [0.25, 0.3) is 5.91 Å². The second kappa shape index (κ2) is 6.50. The van der Waals surface area contributed by atoms with E-state index < -0.39 is 0 Å². The highest BCUT2D eigenvalue weighted by molar-refractivity contribution is 5.95. The minimum absolute atomic E-state index is 0.0567. The first-order valence-electron chi connectivity index (χ1n) is 8.57. The van der Waals surface area contributed by atoms with Crippen molar-refractivity contribution in [1.82, 2.24) is 19.6 Å². The zero-order valence-corrected chi connectivity index (χ0v) is 14.6. The molecule has 3 heterocycles. The highest BCUT2D eigenvalue weighted by atomic mass is 16.5. The normalized spacial score (nSPS) is 23.5. The van der Waals surface area contributed by atoms with Crippen LogP contribution in [0.2, 0.25) is 0 Å². The molecular formula is C18H23N5O2. The molecule has 2 aromatic rings. The number of rotatable bonds is 3. The first-order valence-corrected chi connectivity index (χ1v) is 8.57. The van der Waals surface area contributed by atoms with Crippen molar-refractivity contribution in [3.8, 4) is 0 Å². The van der Waals surface area contributed by atoms with Crippen LogP contribution in [0.4, 0.5) is 11.4 Å². The molecule has 25 heavy (non-hydrogen) atoms. The van der Waals surface area contributed by atoms with Gasteiger partial charge in [-0.25, -0.2) is 0 Å². The van der Waals surface area contributed by atoms with Gasteiger partial charge in [0.1, 0.15) is 0 Å². The lowest BCUT2D eigenvalue weighted by Crippen LogP contribution is -2.48. The number of anilines is 2. The van der Waals surface area contributed by atoms with Crippen molar-refractivity contribution < 1.29 is 9.53 Å². The number of morpholine rings is 1. The molecule has 0 radical (unpaired) electrons. The highest BCUT2D eigenvalue weighted by Gasteiger charge is 2.40. The molecule has 0 spiro atoms. The van der Waals surface area contributed by atoms with Crippen LogP contribution in [0, 0.1) is 0 Å². The van der Waals surface area contributed by atoms with E-state index in [1.54, 1.807) is 10.9 Å². The van der Waals surface area contributed by atoms with Gasteiger partial charge in [-0.1, -0.05) is 6.07 Å². The molecule has 4 rings (SSSR count). The third-order valence-electron chi connectivity index (χ3n) is 4.97. The van der Waals surface area contributed by atoms with E-state index in [0.29, 0.717) is 18.2 Å². The van der Waals surface area contributed by atoms with Gasteiger partial charge in [0.15, 0.2) is 0 Å². The number of likely N-dealkylation sites (N-methyl/N-ethyl adjacent to an activating group) is 1. The Kier molecular flexibility index (Phi) is 4.19. The van der Waals surface area contributed by atoms with E-state index >= 15 is 0 Å². The predicted octanol–water partition coefficient (Wildman–Crippen LogP) is 1.32. The van der Waals surface area contributed by atoms with Crippen LogP contribution in [0.15, 0.2) is 36.7 Å². The molecule has 0 aliphatic carbocycles. The summed E-state index contributed by atoms with van der Waals surface area (Å²) in [6.45, 7) is 3.05. The van der Waals surface area contributed by atoms with Crippen molar-refractivity contribution in [3.05, 3.63) is 42.2 Å². The maximum absolute atomic E-state index is 12.9. The minimum atomic E-state index is 0.0567. The molecule has 2 saturated heterocycles. The van der Waals surface area contributed by atoms with Crippen LogP contribution in [0.1, 0.15) is 10.4 Å². The molecule has 2 aliphatic rings. The third-order valence-corrected chi connectivity index (χ3v) is 4.97. The molecule has 1 amide bonds. The van der Waals surface area contributed by atoms with Gasteiger partial charge in [-0.3, -0.25) is 14.4 Å². The second-order valence-electron chi connectivity index (χ2n) is 6.78. The fourth-order valence-corrected chi connectivity index (χ4v) is 3.59. The monoisotopic (exact) mass is 341 g/mol. The van der Waals surface area contributed by atoms with E-state index in [2.05, 4.69) is 22.4 Å². The lowest BCUT2D eigenvalue weighted by atomic mass is 10.1. The van der Waals surface area contributed by atoms with E-state index in [1.165, 1.54) is 0 Å². The summed E-state index contributed by atoms with van der Waals surface area (Å²) in [4.78, 5) is 17.1. The average Bonchev–Trinajstić information content (AvgIpc) is 3.21. The summed E-state index contributed by atoms with van der Waals surface area (Å²) in [7, 11) is 3.98. The Hall–Kier alpha value is -2.38. The Balaban J connectivity index is 1.48. The lowest BCUT2D eigenvalue weighted by molar-refractivity contribution is -0.0368. The first kappa shape index (κ1) is 16.1. The van der Waals surface area contributed by atoms with Crippen LogP contribution in [0.3, 0.4) is 0 Å². The summed E-state index contributed by atoms with van der Waals surface area (Å²) in [6, 6.07) is 7.90. The van der Waals surface area contributed by atoms with Gasteiger partial charge in [-0.05, 0) is 25.2 Å². The molecule has 1 N–H and O–H groups in total. The van der Waals surface area contributed by atoms with Crippen molar-refractivity contribution in [2.24, 2.45) is 7.05 Å². The summed E-state index contributed by atoms with van der Waals surface area (Å²) in [5, 5.41) is 7.42. The van der Waals surface area contributed by atoms with E-state index in [4.69, 9.17) is 4.74 Å². The number of aromatic nitrogens is 2. The number of hydrogen-bond acceptors (Lipinski definition) is 5. The van der Waals surface area contributed by atoms with Crippen LogP contribution >= 0.6 is 0 Å². The quantitative estimate of drug-likeness (QED) is 0.912. The molecular weight excluding hydrogens is 318 g/mol.